The molecular formula is C21H21FN6O. The quantitative estimate of drug-likeness (QED) is 0.660. The van der Waals surface area contributed by atoms with Gasteiger partial charge in [-0.25, -0.2) is 9.97 Å². The number of anilines is 1. The number of nitrogens with one attached hydrogen (secondary N) is 1. The fourth-order valence-electron chi connectivity index (χ4n) is 3.82. The highest BCUT2D eigenvalue weighted by Crippen LogP contribution is 2.34. The van der Waals surface area contributed by atoms with Crippen LogP contribution in [-0.2, 0) is 0 Å². The summed E-state index contributed by atoms with van der Waals surface area (Å²) in [5.74, 6) is 0.867. The van der Waals surface area contributed by atoms with Gasteiger partial charge in [-0.3, -0.25) is 0 Å². The minimum Gasteiger partial charge on any atom is -0.507 e. The van der Waals surface area contributed by atoms with E-state index in [9.17, 15) is 9.50 Å². The molecule has 5 rings (SSSR count). The van der Waals surface area contributed by atoms with Crippen molar-refractivity contribution in [2.24, 2.45) is 5.92 Å². The Hall–Kier alpha value is -3.13. The van der Waals surface area contributed by atoms with Gasteiger partial charge >= 0.3 is 0 Å². The number of benzene rings is 1. The number of halogens is 1. The standard InChI is InChI=1S/C21H21FN6O/c22-20-10-15(5-6-24-20)14-3-4-16(19(29)9-14)17-11-25-21(27-26-17)28-8-7-23-18(12-28)13-1-2-13/h3-6,9-11,13,18,23,29H,1-2,7-8,12H2/t18-/m1/s1. The van der Waals surface area contributed by atoms with E-state index in [0.29, 0.717) is 34.4 Å². The Balaban J connectivity index is 1.35. The van der Waals surface area contributed by atoms with Gasteiger partial charge in [0.05, 0.1) is 6.20 Å². The van der Waals surface area contributed by atoms with Crippen molar-refractivity contribution in [3.63, 3.8) is 0 Å². The first-order valence-electron chi connectivity index (χ1n) is 9.81. The predicted molar refractivity (Wildman–Crippen MR) is 107 cm³/mol. The molecule has 0 bridgehead atoms. The molecule has 2 fully saturated rings. The third-order valence-electron chi connectivity index (χ3n) is 5.56. The average molecular weight is 392 g/mol. The van der Waals surface area contributed by atoms with E-state index in [2.05, 4.69) is 30.4 Å². The van der Waals surface area contributed by atoms with Crippen molar-refractivity contribution in [3.8, 4) is 28.1 Å². The molecule has 1 saturated heterocycles. The van der Waals surface area contributed by atoms with Crippen LogP contribution in [0.4, 0.5) is 10.3 Å². The first kappa shape index (κ1) is 17.9. The summed E-state index contributed by atoms with van der Waals surface area (Å²) in [6.45, 7) is 2.67. The van der Waals surface area contributed by atoms with Gasteiger partial charge in [0.1, 0.15) is 11.4 Å². The number of aromatic hydroxyl groups is 1. The zero-order chi connectivity index (χ0) is 19.8. The van der Waals surface area contributed by atoms with Crippen molar-refractivity contribution in [1.29, 1.82) is 0 Å². The Morgan fingerprint density at radius 2 is 1.93 bits per heavy atom. The van der Waals surface area contributed by atoms with E-state index in [1.807, 2.05) is 0 Å². The number of nitrogens with zero attached hydrogens (tertiary/aromatic N) is 5. The summed E-state index contributed by atoms with van der Waals surface area (Å²) < 4.78 is 13.4. The minimum absolute atomic E-state index is 0.0412. The molecule has 0 radical (unpaired) electrons. The Labute approximate surface area is 167 Å². The molecule has 1 aliphatic carbocycles. The van der Waals surface area contributed by atoms with Gasteiger partial charge in [-0.05, 0) is 48.1 Å². The van der Waals surface area contributed by atoms with Gasteiger partial charge in [-0.15, -0.1) is 10.2 Å². The van der Waals surface area contributed by atoms with E-state index in [4.69, 9.17) is 0 Å². The first-order valence-corrected chi connectivity index (χ1v) is 9.81. The highest BCUT2D eigenvalue weighted by atomic mass is 19.1. The van der Waals surface area contributed by atoms with E-state index in [1.54, 1.807) is 30.5 Å². The molecule has 1 saturated carbocycles. The van der Waals surface area contributed by atoms with Gasteiger partial charge in [0.25, 0.3) is 0 Å². The van der Waals surface area contributed by atoms with Crippen molar-refractivity contribution in [2.45, 2.75) is 18.9 Å². The number of phenols is 1. The molecule has 2 aromatic heterocycles. The summed E-state index contributed by atoms with van der Waals surface area (Å²) in [5.41, 5.74) is 2.36. The van der Waals surface area contributed by atoms with Gasteiger partial charge < -0.3 is 15.3 Å². The third kappa shape index (κ3) is 3.75. The molecule has 3 aromatic rings. The number of rotatable bonds is 4. The molecule has 7 nitrogen and oxygen atoms in total. The van der Waals surface area contributed by atoms with Crippen molar-refractivity contribution in [2.75, 3.05) is 24.5 Å². The molecule has 1 aromatic carbocycles. The van der Waals surface area contributed by atoms with Gasteiger partial charge in [0.15, 0.2) is 0 Å². The molecule has 8 heteroatoms. The van der Waals surface area contributed by atoms with Crippen LogP contribution >= 0.6 is 0 Å². The van der Waals surface area contributed by atoms with Crippen molar-refractivity contribution >= 4 is 5.95 Å². The molecule has 2 N–H and O–H groups in total. The minimum atomic E-state index is -0.562. The first-order chi connectivity index (χ1) is 14.2. The fourth-order valence-corrected chi connectivity index (χ4v) is 3.82. The second kappa shape index (κ2) is 7.36. The van der Waals surface area contributed by atoms with Gasteiger partial charge in [-0.1, -0.05) is 6.07 Å². The second-order valence-electron chi connectivity index (χ2n) is 7.59. The maximum absolute atomic E-state index is 13.4. The highest BCUT2D eigenvalue weighted by Gasteiger charge is 2.34. The maximum atomic E-state index is 13.4. The van der Waals surface area contributed by atoms with Crippen LogP contribution in [0.15, 0.2) is 42.7 Å². The normalized spacial score (nSPS) is 19.3. The van der Waals surface area contributed by atoms with Gasteiger partial charge in [0.2, 0.25) is 11.9 Å². The maximum Gasteiger partial charge on any atom is 0.245 e. The van der Waals surface area contributed by atoms with Crippen LogP contribution in [0.1, 0.15) is 12.8 Å². The van der Waals surface area contributed by atoms with E-state index in [-0.39, 0.29) is 5.75 Å². The lowest BCUT2D eigenvalue weighted by Crippen LogP contribution is -2.52. The van der Waals surface area contributed by atoms with Gasteiger partial charge in [-0.2, -0.15) is 4.39 Å². The SMILES string of the molecule is Oc1cc(-c2ccnc(F)c2)ccc1-c1cnc(N2CCN[C@@H](C3CC3)C2)nn1. The van der Waals surface area contributed by atoms with E-state index < -0.39 is 5.95 Å². The number of hydrogen-bond acceptors (Lipinski definition) is 7. The molecule has 0 unspecified atom stereocenters. The van der Waals surface area contributed by atoms with Crippen molar-refractivity contribution in [3.05, 3.63) is 48.7 Å². The molecule has 29 heavy (non-hydrogen) atoms. The van der Waals surface area contributed by atoms with Crippen molar-refractivity contribution in [1.82, 2.24) is 25.5 Å². The molecule has 148 valence electrons. The average Bonchev–Trinajstić information content (AvgIpc) is 3.60. The summed E-state index contributed by atoms with van der Waals surface area (Å²) in [7, 11) is 0. The largest absolute Gasteiger partial charge is 0.507 e. The monoisotopic (exact) mass is 392 g/mol. The zero-order valence-corrected chi connectivity index (χ0v) is 15.8. The van der Waals surface area contributed by atoms with E-state index in [1.165, 1.54) is 25.1 Å². The predicted octanol–water partition coefficient (Wildman–Crippen LogP) is 2.63. The Bertz CT molecular complexity index is 1020. The van der Waals surface area contributed by atoms with Crippen LogP contribution in [-0.4, -0.2) is 50.9 Å². The van der Waals surface area contributed by atoms with Crippen LogP contribution in [0.2, 0.25) is 0 Å². The highest BCUT2D eigenvalue weighted by molar-refractivity contribution is 5.73. The van der Waals surface area contributed by atoms with Crippen LogP contribution in [0.25, 0.3) is 22.4 Å². The number of aromatic nitrogens is 4. The lowest BCUT2D eigenvalue weighted by atomic mass is 10.0. The van der Waals surface area contributed by atoms with Crippen LogP contribution in [0.3, 0.4) is 0 Å². The van der Waals surface area contributed by atoms with Crippen molar-refractivity contribution < 1.29 is 9.50 Å². The van der Waals surface area contributed by atoms with E-state index >= 15 is 0 Å². The number of phenolic OH excluding ortho intramolecular Hbond substituents is 1. The fraction of sp³-hybridized carbons (Fsp3) is 0.333. The molecule has 3 heterocycles. The summed E-state index contributed by atoms with van der Waals surface area (Å²) in [6, 6.07) is 8.64. The Morgan fingerprint density at radius 1 is 1.07 bits per heavy atom. The van der Waals surface area contributed by atoms with E-state index in [0.717, 1.165) is 25.6 Å². The summed E-state index contributed by atoms with van der Waals surface area (Å²) in [6.07, 6.45) is 5.63. The second-order valence-corrected chi connectivity index (χ2v) is 7.59. The van der Waals surface area contributed by atoms with Gasteiger partial charge in [0, 0.05) is 43.5 Å². The third-order valence-corrected chi connectivity index (χ3v) is 5.56. The molecule has 1 aliphatic heterocycles. The zero-order valence-electron chi connectivity index (χ0n) is 15.8. The molecule has 0 amide bonds. The molecule has 1 atom stereocenters. The molecule has 2 aliphatic rings. The summed E-state index contributed by atoms with van der Waals surface area (Å²) in [4.78, 5) is 10.2. The number of pyridine rings is 1. The lowest BCUT2D eigenvalue weighted by molar-refractivity contribution is 0.414. The van der Waals surface area contributed by atoms with Crippen LogP contribution in [0.5, 0.6) is 5.75 Å². The van der Waals surface area contributed by atoms with Crippen LogP contribution in [0, 0.1) is 11.9 Å². The molecule has 0 spiro atoms. The summed E-state index contributed by atoms with van der Waals surface area (Å²) in [5, 5.41) is 22.6. The Morgan fingerprint density at radius 3 is 2.66 bits per heavy atom. The Kier molecular flexibility index (Phi) is 4.55. The summed E-state index contributed by atoms with van der Waals surface area (Å²) >= 11 is 0. The number of hydrogen-bond donors (Lipinski definition) is 2. The smallest absolute Gasteiger partial charge is 0.245 e. The molecular weight excluding hydrogens is 371 g/mol. The number of piperazine rings is 1. The lowest BCUT2D eigenvalue weighted by Gasteiger charge is -2.33. The topological polar surface area (TPSA) is 87.1 Å². The van der Waals surface area contributed by atoms with Crippen LogP contribution < -0.4 is 10.2 Å².